The summed E-state index contributed by atoms with van der Waals surface area (Å²) in [4.78, 5) is 17.7. The molecule has 0 unspecified atom stereocenters. The van der Waals surface area contributed by atoms with Crippen LogP contribution >= 0.6 is 11.8 Å². The minimum absolute atomic E-state index is 0.653. The van der Waals surface area contributed by atoms with Crippen LogP contribution in [0.2, 0.25) is 0 Å². The van der Waals surface area contributed by atoms with Gasteiger partial charge in [0.2, 0.25) is 0 Å². The van der Waals surface area contributed by atoms with Crippen molar-refractivity contribution in [2.75, 3.05) is 23.9 Å². The smallest absolute Gasteiger partial charge is 0.161 e. The third-order valence-electron chi connectivity index (χ3n) is 6.67. The largest absolute Gasteiger partial charge is 0.495 e. The number of methoxy groups -OCH3 is 1. The fourth-order valence-electron chi connectivity index (χ4n) is 4.71. The van der Waals surface area contributed by atoms with Crippen LogP contribution < -0.4 is 15.0 Å². The second-order valence-corrected chi connectivity index (χ2v) is 10.2. The highest BCUT2D eigenvalue weighted by Crippen LogP contribution is 2.35. The highest BCUT2D eigenvalue weighted by atomic mass is 32.2. The second-order valence-electron chi connectivity index (χ2n) is 9.04. The Morgan fingerprint density at radius 1 is 0.923 bits per heavy atom. The molecule has 0 atom stereocenters. The van der Waals surface area contributed by atoms with Crippen molar-refractivity contribution in [3.05, 3.63) is 85.2 Å². The molecule has 0 radical (unpaired) electrons. The quantitative estimate of drug-likeness (QED) is 0.311. The number of fused-ring (bicyclic) bond motifs is 3. The molecule has 2 aromatic carbocycles. The Bertz CT molecular complexity index is 1810. The summed E-state index contributed by atoms with van der Waals surface area (Å²) < 4.78 is 7.22. The lowest BCUT2D eigenvalue weighted by molar-refractivity contribution is 0.413. The van der Waals surface area contributed by atoms with Crippen molar-refractivity contribution in [3.63, 3.8) is 0 Å². The molecule has 39 heavy (non-hydrogen) atoms. The standard InChI is InChI=1S/C28H23N9OS/c1-38-19-14-23-26(30-15-19)24(10-11-29-23)39-20-8-6-18(7-9-20)33-27-21-4-2-3-5-22(21)28(35-34-27)36-12-13-37-25(16-36)31-17-32-37/h2-11,14-15,17H,12-13,16H2,1H3,(H,33,34). The molecule has 1 N–H and O–H groups in total. The fraction of sp³-hybridized carbons (Fsp3) is 0.143. The number of pyridine rings is 2. The first-order valence-electron chi connectivity index (χ1n) is 12.5. The SMILES string of the molecule is COc1cnc2c(Sc3ccc(Nc4nnc(N5CCn6ncnc6C5)c5ccccc45)cc3)ccnc2c1. The predicted molar refractivity (Wildman–Crippen MR) is 151 cm³/mol. The molecule has 0 saturated heterocycles. The topological polar surface area (TPSA) is 107 Å². The second kappa shape index (κ2) is 9.84. The molecule has 192 valence electrons. The number of rotatable bonds is 6. The van der Waals surface area contributed by atoms with Crippen LogP contribution in [-0.4, -0.2) is 48.6 Å². The molecule has 0 aliphatic carbocycles. The van der Waals surface area contributed by atoms with Crippen LogP contribution in [0.15, 0.2) is 89.2 Å². The van der Waals surface area contributed by atoms with Crippen LogP contribution in [0, 0.1) is 0 Å². The molecule has 7 rings (SSSR count). The monoisotopic (exact) mass is 533 g/mol. The summed E-state index contributed by atoms with van der Waals surface area (Å²) in [5, 5.41) is 19.0. The maximum atomic E-state index is 5.28. The summed E-state index contributed by atoms with van der Waals surface area (Å²) in [6.45, 7) is 2.23. The third-order valence-corrected chi connectivity index (χ3v) is 7.73. The highest BCUT2D eigenvalue weighted by molar-refractivity contribution is 7.99. The van der Waals surface area contributed by atoms with E-state index < -0.39 is 0 Å². The zero-order valence-corrected chi connectivity index (χ0v) is 21.8. The minimum atomic E-state index is 0.653. The zero-order chi connectivity index (χ0) is 26.2. The van der Waals surface area contributed by atoms with E-state index in [1.807, 2.05) is 41.1 Å². The first kappa shape index (κ1) is 23.4. The van der Waals surface area contributed by atoms with Gasteiger partial charge in [-0.2, -0.15) is 5.10 Å². The number of nitrogens with one attached hydrogen (secondary N) is 1. The number of ether oxygens (including phenoxy) is 1. The number of nitrogens with zero attached hydrogens (tertiary/aromatic N) is 8. The van der Waals surface area contributed by atoms with Crippen LogP contribution in [0.3, 0.4) is 0 Å². The molecule has 4 aromatic heterocycles. The maximum Gasteiger partial charge on any atom is 0.161 e. The van der Waals surface area contributed by atoms with Crippen LogP contribution in [0.4, 0.5) is 17.3 Å². The minimum Gasteiger partial charge on any atom is -0.495 e. The first-order chi connectivity index (χ1) is 19.2. The Balaban J connectivity index is 1.13. The summed E-state index contributed by atoms with van der Waals surface area (Å²) in [6, 6.07) is 20.3. The van der Waals surface area contributed by atoms with Gasteiger partial charge in [-0.15, -0.1) is 10.2 Å². The maximum absolute atomic E-state index is 5.28. The summed E-state index contributed by atoms with van der Waals surface area (Å²) in [5.74, 6) is 3.19. The van der Waals surface area contributed by atoms with Crippen molar-refractivity contribution in [1.82, 2.24) is 34.9 Å². The van der Waals surface area contributed by atoms with Crippen LogP contribution in [0.25, 0.3) is 21.8 Å². The Labute approximate surface area is 228 Å². The van der Waals surface area contributed by atoms with E-state index in [-0.39, 0.29) is 0 Å². The third kappa shape index (κ3) is 4.46. The molecule has 0 saturated carbocycles. The summed E-state index contributed by atoms with van der Waals surface area (Å²) >= 11 is 1.65. The normalized spacial score (nSPS) is 13.0. The predicted octanol–water partition coefficient (Wildman–Crippen LogP) is 5.09. The van der Waals surface area contributed by atoms with Crippen molar-refractivity contribution < 1.29 is 4.74 Å². The molecule has 0 spiro atoms. The molecule has 1 aliphatic rings. The molecular formula is C28H23N9OS. The number of aromatic nitrogens is 7. The van der Waals surface area contributed by atoms with E-state index in [9.17, 15) is 0 Å². The molecule has 0 fully saturated rings. The number of anilines is 3. The number of benzene rings is 2. The zero-order valence-electron chi connectivity index (χ0n) is 21.0. The van der Waals surface area contributed by atoms with E-state index in [1.54, 1.807) is 37.6 Å². The van der Waals surface area contributed by atoms with Crippen LogP contribution in [0.1, 0.15) is 5.82 Å². The molecule has 1 aliphatic heterocycles. The van der Waals surface area contributed by atoms with E-state index in [2.05, 4.69) is 64.7 Å². The lowest BCUT2D eigenvalue weighted by atomic mass is 10.1. The number of hydrogen-bond donors (Lipinski definition) is 1. The van der Waals surface area contributed by atoms with Crippen molar-refractivity contribution in [1.29, 1.82) is 0 Å². The van der Waals surface area contributed by atoms with Gasteiger partial charge in [-0.25, -0.2) is 14.6 Å². The highest BCUT2D eigenvalue weighted by Gasteiger charge is 2.22. The van der Waals surface area contributed by atoms with Crippen LogP contribution in [0.5, 0.6) is 5.75 Å². The lowest BCUT2D eigenvalue weighted by Gasteiger charge is -2.28. The van der Waals surface area contributed by atoms with E-state index >= 15 is 0 Å². The van der Waals surface area contributed by atoms with Gasteiger partial charge in [0.25, 0.3) is 0 Å². The van der Waals surface area contributed by atoms with Gasteiger partial charge < -0.3 is 15.0 Å². The summed E-state index contributed by atoms with van der Waals surface area (Å²) in [5.41, 5.74) is 2.58. The van der Waals surface area contributed by atoms with Gasteiger partial charge in [0.05, 0.1) is 31.9 Å². The van der Waals surface area contributed by atoms with Gasteiger partial charge in [-0.3, -0.25) is 4.98 Å². The van der Waals surface area contributed by atoms with Gasteiger partial charge >= 0.3 is 0 Å². The van der Waals surface area contributed by atoms with E-state index in [0.717, 1.165) is 62.0 Å². The Morgan fingerprint density at radius 3 is 2.67 bits per heavy atom. The van der Waals surface area contributed by atoms with E-state index in [4.69, 9.17) is 4.74 Å². The average molecular weight is 534 g/mol. The fourth-order valence-corrected chi connectivity index (χ4v) is 5.62. The van der Waals surface area contributed by atoms with Crippen molar-refractivity contribution >= 4 is 50.9 Å². The molecular weight excluding hydrogens is 510 g/mol. The van der Waals surface area contributed by atoms with E-state index in [1.165, 1.54) is 0 Å². The Kier molecular flexibility index (Phi) is 5.89. The van der Waals surface area contributed by atoms with E-state index in [0.29, 0.717) is 18.1 Å². The molecule has 5 heterocycles. The van der Waals surface area contributed by atoms with Crippen LogP contribution in [-0.2, 0) is 13.1 Å². The van der Waals surface area contributed by atoms with Gasteiger partial charge in [0.15, 0.2) is 11.6 Å². The average Bonchev–Trinajstić information content (AvgIpc) is 3.46. The van der Waals surface area contributed by atoms with Crippen molar-refractivity contribution in [3.8, 4) is 5.75 Å². The molecule has 0 amide bonds. The first-order valence-corrected chi connectivity index (χ1v) is 13.3. The number of hydrogen-bond acceptors (Lipinski definition) is 10. The molecule has 11 heteroatoms. The molecule has 0 bridgehead atoms. The summed E-state index contributed by atoms with van der Waals surface area (Å²) in [7, 11) is 1.63. The van der Waals surface area contributed by atoms with Gasteiger partial charge in [-0.1, -0.05) is 36.0 Å². The van der Waals surface area contributed by atoms with Crippen molar-refractivity contribution in [2.45, 2.75) is 22.9 Å². The van der Waals surface area contributed by atoms with Gasteiger partial charge in [-0.05, 0) is 30.3 Å². The summed E-state index contributed by atoms with van der Waals surface area (Å²) in [6.07, 6.45) is 5.12. The Morgan fingerprint density at radius 2 is 1.79 bits per heavy atom. The van der Waals surface area contributed by atoms with Gasteiger partial charge in [0, 0.05) is 45.1 Å². The van der Waals surface area contributed by atoms with Gasteiger partial charge in [0.1, 0.15) is 23.4 Å². The molecule has 6 aromatic rings. The lowest BCUT2D eigenvalue weighted by Crippen LogP contribution is -2.35. The molecule has 10 nitrogen and oxygen atoms in total. The Hall–Kier alpha value is -4.77. The van der Waals surface area contributed by atoms with Crippen molar-refractivity contribution in [2.24, 2.45) is 0 Å².